The summed E-state index contributed by atoms with van der Waals surface area (Å²) in [6, 6.07) is 0. The van der Waals surface area contributed by atoms with Gasteiger partial charge in [0, 0.05) is 12.8 Å². The highest BCUT2D eigenvalue weighted by Crippen LogP contribution is 2.44. The third-order valence-electron chi connectivity index (χ3n) is 4.63. The van der Waals surface area contributed by atoms with Crippen LogP contribution in [0, 0.1) is 17.8 Å². The summed E-state index contributed by atoms with van der Waals surface area (Å²) in [4.78, 5) is 0. The van der Waals surface area contributed by atoms with E-state index in [-0.39, 0.29) is 24.7 Å². The van der Waals surface area contributed by atoms with Crippen molar-refractivity contribution in [2.24, 2.45) is 17.8 Å². The van der Waals surface area contributed by atoms with E-state index in [9.17, 15) is 10.2 Å². The van der Waals surface area contributed by atoms with E-state index in [2.05, 4.69) is 13.8 Å². The smallest absolute Gasteiger partial charge is 0.169 e. The first-order valence-electron chi connectivity index (χ1n) is 7.99. The summed E-state index contributed by atoms with van der Waals surface area (Å²) in [7, 11) is 0. The summed E-state index contributed by atoms with van der Waals surface area (Å²) >= 11 is 0. The van der Waals surface area contributed by atoms with Gasteiger partial charge in [-0.05, 0) is 30.6 Å². The van der Waals surface area contributed by atoms with E-state index >= 15 is 0 Å². The first-order chi connectivity index (χ1) is 9.35. The van der Waals surface area contributed by atoms with Gasteiger partial charge in [0.2, 0.25) is 0 Å². The van der Waals surface area contributed by atoms with Crippen molar-refractivity contribution in [1.29, 1.82) is 0 Å². The molecule has 0 aromatic carbocycles. The molecule has 118 valence electrons. The minimum absolute atomic E-state index is 0.0429. The lowest BCUT2D eigenvalue weighted by Crippen LogP contribution is -2.55. The Hall–Kier alpha value is -0.160. The van der Waals surface area contributed by atoms with Crippen LogP contribution in [0.2, 0.25) is 0 Å². The fourth-order valence-electron chi connectivity index (χ4n) is 3.80. The molecule has 2 N–H and O–H groups in total. The van der Waals surface area contributed by atoms with Crippen molar-refractivity contribution in [2.75, 3.05) is 6.61 Å². The number of ether oxygens (including phenoxy) is 2. The third-order valence-corrected chi connectivity index (χ3v) is 4.63. The molecule has 0 bridgehead atoms. The van der Waals surface area contributed by atoms with Crippen molar-refractivity contribution in [1.82, 2.24) is 0 Å². The Morgan fingerprint density at radius 2 is 1.70 bits per heavy atom. The second kappa shape index (κ2) is 6.30. The van der Waals surface area contributed by atoms with E-state index < -0.39 is 11.9 Å². The zero-order chi connectivity index (χ0) is 14.9. The van der Waals surface area contributed by atoms with Crippen molar-refractivity contribution in [3.05, 3.63) is 0 Å². The highest BCUT2D eigenvalue weighted by molar-refractivity contribution is 4.90. The van der Waals surface area contributed by atoms with Gasteiger partial charge in [0.1, 0.15) is 0 Å². The Balaban J connectivity index is 2.13. The van der Waals surface area contributed by atoms with Gasteiger partial charge in [-0.1, -0.05) is 27.7 Å². The van der Waals surface area contributed by atoms with Crippen LogP contribution >= 0.6 is 0 Å². The first-order valence-corrected chi connectivity index (χ1v) is 7.99. The quantitative estimate of drug-likeness (QED) is 0.836. The minimum atomic E-state index is -0.608. The van der Waals surface area contributed by atoms with E-state index in [0.717, 1.165) is 25.7 Å². The van der Waals surface area contributed by atoms with Gasteiger partial charge in [-0.15, -0.1) is 0 Å². The van der Waals surface area contributed by atoms with Crippen LogP contribution in [0.3, 0.4) is 0 Å². The fourth-order valence-corrected chi connectivity index (χ4v) is 3.80. The van der Waals surface area contributed by atoms with E-state index in [0.29, 0.717) is 11.8 Å². The summed E-state index contributed by atoms with van der Waals surface area (Å²) in [5.74, 6) is 0.510. The molecular formula is C16H30O4. The van der Waals surface area contributed by atoms with Gasteiger partial charge in [-0.3, -0.25) is 0 Å². The molecule has 0 radical (unpaired) electrons. The molecule has 1 spiro atoms. The largest absolute Gasteiger partial charge is 0.394 e. The molecule has 0 amide bonds. The van der Waals surface area contributed by atoms with Gasteiger partial charge < -0.3 is 19.7 Å². The van der Waals surface area contributed by atoms with Crippen LogP contribution in [0.15, 0.2) is 0 Å². The van der Waals surface area contributed by atoms with E-state index in [4.69, 9.17) is 9.47 Å². The minimum Gasteiger partial charge on any atom is -0.394 e. The monoisotopic (exact) mass is 286 g/mol. The van der Waals surface area contributed by atoms with Crippen LogP contribution in [0.5, 0.6) is 0 Å². The van der Waals surface area contributed by atoms with Crippen molar-refractivity contribution in [3.63, 3.8) is 0 Å². The standard InChI is InChI=1S/C16H30O4/c1-10(2)15(18)14-6-12(4)8-16(20-14)7-11(3)5-13(9-17)19-16/h10-15,17-18H,5-9H2,1-4H3. The van der Waals surface area contributed by atoms with Gasteiger partial charge in [0.25, 0.3) is 0 Å². The van der Waals surface area contributed by atoms with Crippen molar-refractivity contribution in [3.8, 4) is 0 Å². The Kier molecular flexibility index (Phi) is 5.11. The summed E-state index contributed by atoms with van der Waals surface area (Å²) < 4.78 is 12.3. The zero-order valence-corrected chi connectivity index (χ0v) is 13.2. The van der Waals surface area contributed by atoms with Crippen LogP contribution in [0.1, 0.15) is 53.4 Å². The Bertz CT molecular complexity index is 316. The van der Waals surface area contributed by atoms with Crippen LogP contribution in [0.25, 0.3) is 0 Å². The van der Waals surface area contributed by atoms with Crippen LogP contribution in [-0.4, -0.2) is 40.9 Å². The lowest BCUT2D eigenvalue weighted by molar-refractivity contribution is -0.342. The molecule has 6 atom stereocenters. The van der Waals surface area contributed by atoms with E-state index in [1.54, 1.807) is 0 Å². The molecule has 2 aliphatic heterocycles. The van der Waals surface area contributed by atoms with E-state index in [1.165, 1.54) is 0 Å². The van der Waals surface area contributed by atoms with Gasteiger partial charge in [0.15, 0.2) is 5.79 Å². The van der Waals surface area contributed by atoms with Crippen LogP contribution < -0.4 is 0 Å². The zero-order valence-electron chi connectivity index (χ0n) is 13.2. The lowest BCUT2D eigenvalue weighted by atomic mass is 9.81. The molecule has 4 nitrogen and oxygen atoms in total. The average molecular weight is 286 g/mol. The Labute approximate surface area is 122 Å². The Morgan fingerprint density at radius 1 is 1.10 bits per heavy atom. The molecular weight excluding hydrogens is 256 g/mol. The molecule has 4 heteroatoms. The summed E-state index contributed by atoms with van der Waals surface area (Å²) in [5, 5.41) is 19.8. The molecule has 0 aromatic rings. The normalized spacial score (nSPS) is 44.0. The number of rotatable bonds is 3. The highest BCUT2D eigenvalue weighted by Gasteiger charge is 2.48. The molecule has 0 aromatic heterocycles. The fraction of sp³-hybridized carbons (Fsp3) is 1.00. The van der Waals surface area contributed by atoms with Crippen molar-refractivity contribution in [2.45, 2.75) is 77.5 Å². The second-order valence-electron chi connectivity index (χ2n) is 7.31. The lowest BCUT2D eigenvalue weighted by Gasteiger charge is -2.50. The van der Waals surface area contributed by atoms with Crippen LogP contribution in [0.4, 0.5) is 0 Å². The number of hydrogen-bond acceptors (Lipinski definition) is 4. The van der Waals surface area contributed by atoms with Gasteiger partial charge in [-0.2, -0.15) is 0 Å². The summed E-state index contributed by atoms with van der Waals surface area (Å²) in [5.41, 5.74) is 0. The molecule has 2 aliphatic rings. The summed E-state index contributed by atoms with van der Waals surface area (Å²) in [6.07, 6.45) is 2.72. The predicted octanol–water partition coefficient (Wildman–Crippen LogP) is 2.32. The Morgan fingerprint density at radius 3 is 2.25 bits per heavy atom. The predicted molar refractivity (Wildman–Crippen MR) is 77.2 cm³/mol. The van der Waals surface area contributed by atoms with Crippen LogP contribution in [-0.2, 0) is 9.47 Å². The third kappa shape index (κ3) is 3.53. The van der Waals surface area contributed by atoms with Crippen molar-refractivity contribution < 1.29 is 19.7 Å². The number of hydrogen-bond donors (Lipinski definition) is 2. The maximum Gasteiger partial charge on any atom is 0.169 e. The molecule has 6 unspecified atom stereocenters. The average Bonchev–Trinajstić information content (AvgIpc) is 2.35. The molecule has 2 heterocycles. The maximum atomic E-state index is 10.3. The molecule has 2 rings (SSSR count). The summed E-state index contributed by atoms with van der Waals surface area (Å²) in [6.45, 7) is 8.45. The first kappa shape index (κ1) is 16.2. The second-order valence-corrected chi connectivity index (χ2v) is 7.31. The van der Waals surface area contributed by atoms with Crippen molar-refractivity contribution >= 4 is 0 Å². The number of aliphatic hydroxyl groups excluding tert-OH is 2. The SMILES string of the molecule is CC1CC(CO)OC2(C1)CC(C)CC(C(O)C(C)C)O2. The molecule has 2 fully saturated rings. The molecule has 20 heavy (non-hydrogen) atoms. The molecule has 0 saturated carbocycles. The van der Waals surface area contributed by atoms with Gasteiger partial charge in [0.05, 0.1) is 24.9 Å². The molecule has 2 saturated heterocycles. The topological polar surface area (TPSA) is 58.9 Å². The maximum absolute atomic E-state index is 10.3. The molecule has 0 aliphatic carbocycles. The van der Waals surface area contributed by atoms with Gasteiger partial charge in [-0.25, -0.2) is 0 Å². The van der Waals surface area contributed by atoms with Gasteiger partial charge >= 0.3 is 0 Å². The number of aliphatic hydroxyl groups is 2. The highest BCUT2D eigenvalue weighted by atomic mass is 16.7. The van der Waals surface area contributed by atoms with E-state index in [1.807, 2.05) is 13.8 Å².